The number of primary amides is 1. The van der Waals surface area contributed by atoms with Gasteiger partial charge in [0.05, 0.1) is 0 Å². The fraction of sp³-hybridized carbons (Fsp3) is 0.385. The molecule has 4 nitrogen and oxygen atoms in total. The average Bonchev–Trinajstić information content (AvgIpc) is 2.32. The highest BCUT2D eigenvalue weighted by atomic mass is 35.5. The van der Waals surface area contributed by atoms with Gasteiger partial charge in [-0.3, -0.25) is 4.79 Å². The number of benzene rings is 1. The lowest BCUT2D eigenvalue weighted by Gasteiger charge is -2.35. The van der Waals surface area contributed by atoms with Crippen LogP contribution in [0.3, 0.4) is 0 Å². The molecule has 2 N–H and O–H groups in total. The van der Waals surface area contributed by atoms with E-state index >= 15 is 0 Å². The van der Waals surface area contributed by atoms with Crippen LogP contribution in [-0.2, 0) is 15.1 Å². The molecule has 0 aliphatic heterocycles. The molecular weight excluding hydrogens is 254 g/mol. The lowest BCUT2D eigenvalue weighted by atomic mass is 9.78. The number of ether oxygens (including phenoxy) is 1. The maximum atomic E-state index is 12.2. The average molecular weight is 268 g/mol. The smallest absolute Gasteiger partial charge is 0.405 e. The number of carbonyl (C=O) groups excluding carboxylic acids is 2. The van der Waals surface area contributed by atoms with Crippen LogP contribution < -0.4 is 5.73 Å². The van der Waals surface area contributed by atoms with E-state index in [1.165, 1.54) is 0 Å². The standard InChI is InChI=1S/C13H14ClNO3/c14-10-6-2-1-5-9(10)13(18-12(15)17)8-4-3-7-11(13)16/h1-2,5-6H,3-4,7-8H2,(H2,15,17)/t13-/m0/s1. The largest absolute Gasteiger partial charge is 0.430 e. The molecule has 0 heterocycles. The lowest BCUT2D eigenvalue weighted by molar-refractivity contribution is -0.142. The van der Waals surface area contributed by atoms with E-state index in [0.717, 1.165) is 12.8 Å². The van der Waals surface area contributed by atoms with Crippen molar-refractivity contribution in [3.8, 4) is 0 Å². The summed E-state index contributed by atoms with van der Waals surface area (Å²) in [4.78, 5) is 23.3. The van der Waals surface area contributed by atoms with Crippen LogP contribution in [0, 0.1) is 0 Å². The third-order valence-corrected chi connectivity index (χ3v) is 3.55. The summed E-state index contributed by atoms with van der Waals surface area (Å²) >= 11 is 6.11. The molecule has 1 fully saturated rings. The van der Waals surface area contributed by atoms with Crippen LogP contribution >= 0.6 is 11.6 Å². The number of ketones is 1. The number of amides is 1. The predicted molar refractivity (Wildman–Crippen MR) is 67.3 cm³/mol. The minimum Gasteiger partial charge on any atom is -0.430 e. The second-order valence-corrected chi connectivity index (χ2v) is 4.77. The topological polar surface area (TPSA) is 69.4 Å². The van der Waals surface area contributed by atoms with Crippen molar-refractivity contribution in [1.29, 1.82) is 0 Å². The summed E-state index contributed by atoms with van der Waals surface area (Å²) < 4.78 is 5.16. The van der Waals surface area contributed by atoms with Crippen LogP contribution in [0.4, 0.5) is 4.79 Å². The zero-order chi connectivity index (χ0) is 13.2. The minimum absolute atomic E-state index is 0.138. The van der Waals surface area contributed by atoms with Crippen molar-refractivity contribution in [3.63, 3.8) is 0 Å². The van der Waals surface area contributed by atoms with E-state index in [9.17, 15) is 9.59 Å². The van der Waals surface area contributed by atoms with Gasteiger partial charge in [-0.25, -0.2) is 4.79 Å². The van der Waals surface area contributed by atoms with E-state index in [4.69, 9.17) is 22.1 Å². The molecule has 0 bridgehead atoms. The van der Waals surface area contributed by atoms with Gasteiger partial charge in [-0.15, -0.1) is 0 Å². The number of halogens is 1. The summed E-state index contributed by atoms with van der Waals surface area (Å²) in [6, 6.07) is 6.89. The van der Waals surface area contributed by atoms with Gasteiger partial charge in [0.2, 0.25) is 0 Å². The molecule has 1 aliphatic rings. The molecule has 0 unspecified atom stereocenters. The van der Waals surface area contributed by atoms with Gasteiger partial charge in [0.1, 0.15) is 0 Å². The van der Waals surface area contributed by atoms with E-state index in [0.29, 0.717) is 23.4 Å². The summed E-state index contributed by atoms with van der Waals surface area (Å²) in [5.74, 6) is -0.138. The molecule has 0 spiro atoms. The molecule has 2 rings (SSSR count). The molecule has 0 radical (unpaired) electrons. The summed E-state index contributed by atoms with van der Waals surface area (Å²) in [6.45, 7) is 0. The zero-order valence-corrected chi connectivity index (χ0v) is 10.6. The SMILES string of the molecule is NC(=O)O[C@]1(c2ccccc2Cl)CCCCC1=O. The van der Waals surface area contributed by atoms with Crippen molar-refractivity contribution in [2.75, 3.05) is 0 Å². The van der Waals surface area contributed by atoms with Crippen molar-refractivity contribution in [1.82, 2.24) is 0 Å². The number of hydrogen-bond acceptors (Lipinski definition) is 3. The summed E-state index contributed by atoms with van der Waals surface area (Å²) in [5.41, 5.74) is 4.32. The second kappa shape index (κ2) is 4.98. The van der Waals surface area contributed by atoms with Crippen LogP contribution in [0.1, 0.15) is 31.2 Å². The molecule has 18 heavy (non-hydrogen) atoms. The van der Waals surface area contributed by atoms with Crippen LogP contribution in [-0.4, -0.2) is 11.9 Å². The van der Waals surface area contributed by atoms with Crippen LogP contribution in [0.25, 0.3) is 0 Å². The number of carbonyl (C=O) groups is 2. The normalized spacial score (nSPS) is 23.7. The zero-order valence-electron chi connectivity index (χ0n) is 9.82. The Morgan fingerprint density at radius 1 is 1.33 bits per heavy atom. The van der Waals surface area contributed by atoms with Gasteiger partial charge in [-0.05, 0) is 25.3 Å². The molecule has 1 atom stereocenters. The number of hydrogen-bond donors (Lipinski definition) is 1. The third kappa shape index (κ3) is 2.20. The first kappa shape index (κ1) is 12.9. The maximum absolute atomic E-state index is 12.2. The molecule has 1 saturated carbocycles. The minimum atomic E-state index is -1.30. The Balaban J connectivity index is 2.51. The second-order valence-electron chi connectivity index (χ2n) is 4.36. The molecule has 1 amide bonds. The van der Waals surface area contributed by atoms with E-state index < -0.39 is 11.7 Å². The van der Waals surface area contributed by atoms with Crippen molar-refractivity contribution in [2.45, 2.75) is 31.3 Å². The van der Waals surface area contributed by atoms with Crippen molar-refractivity contribution in [3.05, 3.63) is 34.9 Å². The lowest BCUT2D eigenvalue weighted by Crippen LogP contribution is -2.44. The van der Waals surface area contributed by atoms with Crippen molar-refractivity contribution >= 4 is 23.5 Å². The first-order valence-electron chi connectivity index (χ1n) is 5.83. The first-order chi connectivity index (χ1) is 8.56. The Morgan fingerprint density at radius 3 is 2.67 bits per heavy atom. The molecule has 0 aromatic heterocycles. The van der Waals surface area contributed by atoms with Crippen LogP contribution in [0.15, 0.2) is 24.3 Å². The Kier molecular flexibility index (Phi) is 3.57. The number of nitrogens with two attached hydrogens (primary N) is 1. The van der Waals surface area contributed by atoms with Crippen molar-refractivity contribution < 1.29 is 14.3 Å². The van der Waals surface area contributed by atoms with Gasteiger partial charge in [-0.2, -0.15) is 0 Å². The molecule has 1 aliphatic carbocycles. The Bertz CT molecular complexity index is 489. The molecule has 1 aromatic rings. The fourth-order valence-electron chi connectivity index (χ4n) is 2.41. The highest BCUT2D eigenvalue weighted by Crippen LogP contribution is 2.40. The Morgan fingerprint density at radius 2 is 2.06 bits per heavy atom. The maximum Gasteiger partial charge on any atom is 0.405 e. The fourth-order valence-corrected chi connectivity index (χ4v) is 2.70. The molecular formula is C13H14ClNO3. The highest BCUT2D eigenvalue weighted by molar-refractivity contribution is 6.31. The molecule has 96 valence electrons. The quantitative estimate of drug-likeness (QED) is 0.896. The molecule has 5 heteroatoms. The van der Waals surface area contributed by atoms with Crippen LogP contribution in [0.5, 0.6) is 0 Å². The Labute approximate surface area is 110 Å². The number of rotatable bonds is 2. The van der Waals surface area contributed by atoms with Gasteiger partial charge in [0.25, 0.3) is 0 Å². The summed E-state index contributed by atoms with van der Waals surface area (Å²) in [6.07, 6.45) is 1.44. The van der Waals surface area contributed by atoms with Crippen LogP contribution in [0.2, 0.25) is 5.02 Å². The predicted octanol–water partition coefficient (Wildman–Crippen LogP) is 2.77. The van der Waals surface area contributed by atoms with Crippen molar-refractivity contribution in [2.24, 2.45) is 5.73 Å². The first-order valence-corrected chi connectivity index (χ1v) is 6.21. The van der Waals surface area contributed by atoms with Gasteiger partial charge < -0.3 is 10.5 Å². The molecule has 0 saturated heterocycles. The number of Topliss-reactive ketones (excluding diaryl/α,β-unsaturated/α-hetero) is 1. The van der Waals surface area contributed by atoms with E-state index in [2.05, 4.69) is 0 Å². The van der Waals surface area contributed by atoms with E-state index in [1.54, 1.807) is 24.3 Å². The Hall–Kier alpha value is -1.55. The van der Waals surface area contributed by atoms with Gasteiger partial charge in [-0.1, -0.05) is 29.8 Å². The molecule has 1 aromatic carbocycles. The third-order valence-electron chi connectivity index (χ3n) is 3.22. The summed E-state index contributed by atoms with van der Waals surface area (Å²) in [7, 11) is 0. The monoisotopic (exact) mass is 267 g/mol. The van der Waals surface area contributed by atoms with E-state index in [1.807, 2.05) is 0 Å². The van der Waals surface area contributed by atoms with Gasteiger partial charge in [0, 0.05) is 17.0 Å². The van der Waals surface area contributed by atoms with Gasteiger partial charge in [0.15, 0.2) is 11.4 Å². The summed E-state index contributed by atoms with van der Waals surface area (Å²) in [5, 5.41) is 0.411. The van der Waals surface area contributed by atoms with Gasteiger partial charge >= 0.3 is 6.09 Å². The van der Waals surface area contributed by atoms with E-state index in [-0.39, 0.29) is 5.78 Å². The highest BCUT2D eigenvalue weighted by Gasteiger charge is 2.46.